The predicted octanol–water partition coefficient (Wildman–Crippen LogP) is 2.84. The van der Waals surface area contributed by atoms with Gasteiger partial charge in [-0.2, -0.15) is 0 Å². The molecule has 0 bridgehead atoms. The zero-order valence-corrected chi connectivity index (χ0v) is 13.5. The number of hydrogen-bond acceptors (Lipinski definition) is 4. The molecule has 1 aliphatic rings. The molecule has 0 aliphatic carbocycles. The highest BCUT2D eigenvalue weighted by molar-refractivity contribution is 5.42. The third-order valence-electron chi connectivity index (χ3n) is 4.22. The molecule has 2 rings (SSSR count). The lowest BCUT2D eigenvalue weighted by atomic mass is 9.97. The monoisotopic (exact) mass is 292 g/mol. The Bertz CT molecular complexity index is 431. The highest BCUT2D eigenvalue weighted by Gasteiger charge is 2.24. The maximum Gasteiger partial charge on any atom is 0.123 e. The number of unbranched alkanes of at least 4 members (excludes halogenated alkanes) is 1. The standard InChI is InChI=1S/C17H28N2O2/c1-4-5-6-16(19-11-9-18-10-12-19)15-13-14(20-2)7-8-17(15)21-3/h7-8,13,16,18H,4-6,9-12H2,1-3H3/t16-/m0/s1. The van der Waals surface area contributed by atoms with Crippen LogP contribution in [-0.2, 0) is 0 Å². The molecular formula is C17H28N2O2. The fraction of sp³-hybridized carbons (Fsp3) is 0.647. The summed E-state index contributed by atoms with van der Waals surface area (Å²) in [5.74, 6) is 1.87. The highest BCUT2D eigenvalue weighted by atomic mass is 16.5. The van der Waals surface area contributed by atoms with Crippen molar-refractivity contribution in [2.45, 2.75) is 32.2 Å². The molecule has 1 atom stereocenters. The van der Waals surface area contributed by atoms with Gasteiger partial charge in [-0.05, 0) is 24.6 Å². The lowest BCUT2D eigenvalue weighted by Gasteiger charge is -2.36. The van der Waals surface area contributed by atoms with Gasteiger partial charge in [0.2, 0.25) is 0 Å². The second kappa shape index (κ2) is 8.25. The summed E-state index contributed by atoms with van der Waals surface area (Å²) in [7, 11) is 3.47. The van der Waals surface area contributed by atoms with Gasteiger partial charge in [0, 0.05) is 37.8 Å². The van der Waals surface area contributed by atoms with Crippen LogP contribution < -0.4 is 14.8 Å². The van der Waals surface area contributed by atoms with Gasteiger partial charge in [-0.1, -0.05) is 19.8 Å². The Labute approximate surface area is 128 Å². The van der Waals surface area contributed by atoms with Gasteiger partial charge in [-0.15, -0.1) is 0 Å². The third kappa shape index (κ3) is 4.11. The van der Waals surface area contributed by atoms with Crippen molar-refractivity contribution in [1.82, 2.24) is 10.2 Å². The lowest BCUT2D eigenvalue weighted by Crippen LogP contribution is -2.45. The van der Waals surface area contributed by atoms with Gasteiger partial charge in [0.15, 0.2) is 0 Å². The van der Waals surface area contributed by atoms with Gasteiger partial charge in [0.1, 0.15) is 11.5 Å². The second-order valence-corrected chi connectivity index (χ2v) is 5.55. The molecule has 0 saturated carbocycles. The molecular weight excluding hydrogens is 264 g/mol. The summed E-state index contributed by atoms with van der Waals surface area (Å²) >= 11 is 0. The molecule has 1 heterocycles. The van der Waals surface area contributed by atoms with Crippen LogP contribution >= 0.6 is 0 Å². The largest absolute Gasteiger partial charge is 0.497 e. The summed E-state index contributed by atoms with van der Waals surface area (Å²) in [6.07, 6.45) is 3.61. The normalized spacial score (nSPS) is 17.5. The van der Waals surface area contributed by atoms with Gasteiger partial charge in [-0.25, -0.2) is 0 Å². The topological polar surface area (TPSA) is 33.7 Å². The Morgan fingerprint density at radius 3 is 2.57 bits per heavy atom. The number of benzene rings is 1. The summed E-state index contributed by atoms with van der Waals surface area (Å²) < 4.78 is 11.0. The van der Waals surface area contributed by atoms with Crippen LogP contribution in [0.3, 0.4) is 0 Å². The number of methoxy groups -OCH3 is 2. The molecule has 1 aromatic carbocycles. The first-order valence-corrected chi connectivity index (χ1v) is 7.96. The second-order valence-electron chi connectivity index (χ2n) is 5.55. The molecule has 0 amide bonds. The maximum atomic E-state index is 5.60. The minimum Gasteiger partial charge on any atom is -0.497 e. The van der Waals surface area contributed by atoms with E-state index >= 15 is 0 Å². The molecule has 0 radical (unpaired) electrons. The number of ether oxygens (including phenoxy) is 2. The van der Waals surface area contributed by atoms with Crippen LogP contribution in [0.5, 0.6) is 11.5 Å². The predicted molar refractivity (Wildman–Crippen MR) is 86.3 cm³/mol. The number of hydrogen-bond donors (Lipinski definition) is 1. The van der Waals surface area contributed by atoms with Gasteiger partial charge < -0.3 is 14.8 Å². The first-order valence-electron chi connectivity index (χ1n) is 7.96. The molecule has 1 N–H and O–H groups in total. The van der Waals surface area contributed by atoms with Crippen molar-refractivity contribution in [2.24, 2.45) is 0 Å². The zero-order chi connectivity index (χ0) is 15.1. The minimum absolute atomic E-state index is 0.414. The van der Waals surface area contributed by atoms with E-state index in [1.54, 1.807) is 14.2 Å². The quantitative estimate of drug-likeness (QED) is 0.838. The van der Waals surface area contributed by atoms with E-state index in [1.807, 2.05) is 12.1 Å². The fourth-order valence-electron chi connectivity index (χ4n) is 3.03. The Balaban J connectivity index is 2.29. The molecule has 4 heteroatoms. The van der Waals surface area contributed by atoms with Crippen molar-refractivity contribution >= 4 is 0 Å². The van der Waals surface area contributed by atoms with Gasteiger partial charge in [0.05, 0.1) is 14.2 Å². The number of nitrogens with one attached hydrogen (secondary N) is 1. The van der Waals surface area contributed by atoms with Crippen molar-refractivity contribution in [3.8, 4) is 11.5 Å². The van der Waals surface area contributed by atoms with E-state index in [9.17, 15) is 0 Å². The van der Waals surface area contributed by atoms with Crippen LogP contribution in [0.25, 0.3) is 0 Å². The molecule has 118 valence electrons. The van der Waals surface area contributed by atoms with Crippen molar-refractivity contribution in [1.29, 1.82) is 0 Å². The summed E-state index contributed by atoms with van der Waals surface area (Å²) in [6, 6.07) is 6.55. The third-order valence-corrected chi connectivity index (χ3v) is 4.22. The minimum atomic E-state index is 0.414. The molecule has 0 unspecified atom stereocenters. The van der Waals surface area contributed by atoms with Gasteiger partial charge >= 0.3 is 0 Å². The van der Waals surface area contributed by atoms with Crippen LogP contribution in [0.4, 0.5) is 0 Å². The van der Waals surface area contributed by atoms with Crippen LogP contribution in [0.2, 0.25) is 0 Å². The molecule has 1 aliphatic heterocycles. The first kappa shape index (κ1) is 16.1. The Hall–Kier alpha value is -1.26. The number of piperazine rings is 1. The number of nitrogens with zero attached hydrogens (tertiary/aromatic N) is 1. The van der Waals surface area contributed by atoms with E-state index in [0.717, 1.165) is 37.7 Å². The summed E-state index contributed by atoms with van der Waals surface area (Å²) in [5.41, 5.74) is 1.26. The van der Waals surface area contributed by atoms with E-state index in [-0.39, 0.29) is 0 Å². The van der Waals surface area contributed by atoms with Gasteiger partial charge in [0.25, 0.3) is 0 Å². The summed E-state index contributed by atoms with van der Waals surface area (Å²) in [5, 5.41) is 3.43. The van der Waals surface area contributed by atoms with E-state index < -0.39 is 0 Å². The Morgan fingerprint density at radius 1 is 1.19 bits per heavy atom. The highest BCUT2D eigenvalue weighted by Crippen LogP contribution is 2.35. The van der Waals surface area contributed by atoms with Crippen LogP contribution in [0.1, 0.15) is 37.8 Å². The molecule has 1 saturated heterocycles. The van der Waals surface area contributed by atoms with E-state index in [1.165, 1.54) is 24.8 Å². The summed E-state index contributed by atoms with van der Waals surface area (Å²) in [6.45, 7) is 6.56. The fourth-order valence-corrected chi connectivity index (χ4v) is 3.03. The van der Waals surface area contributed by atoms with Crippen molar-refractivity contribution in [3.63, 3.8) is 0 Å². The Morgan fingerprint density at radius 2 is 1.95 bits per heavy atom. The van der Waals surface area contributed by atoms with Gasteiger partial charge in [-0.3, -0.25) is 4.90 Å². The molecule has 4 nitrogen and oxygen atoms in total. The SMILES string of the molecule is CCCC[C@@H](c1cc(OC)ccc1OC)N1CCNCC1. The molecule has 21 heavy (non-hydrogen) atoms. The number of rotatable bonds is 7. The lowest BCUT2D eigenvalue weighted by molar-refractivity contribution is 0.160. The Kier molecular flexibility index (Phi) is 6.33. The van der Waals surface area contributed by atoms with Crippen LogP contribution in [0.15, 0.2) is 18.2 Å². The molecule has 0 spiro atoms. The average Bonchev–Trinajstić information content (AvgIpc) is 2.56. The maximum absolute atomic E-state index is 5.60. The molecule has 1 fully saturated rings. The van der Waals surface area contributed by atoms with E-state index in [2.05, 4.69) is 23.2 Å². The van der Waals surface area contributed by atoms with Crippen molar-refractivity contribution in [3.05, 3.63) is 23.8 Å². The van der Waals surface area contributed by atoms with Crippen LogP contribution in [-0.4, -0.2) is 45.3 Å². The van der Waals surface area contributed by atoms with Crippen LogP contribution in [0, 0.1) is 0 Å². The van der Waals surface area contributed by atoms with E-state index in [4.69, 9.17) is 9.47 Å². The summed E-state index contributed by atoms with van der Waals surface area (Å²) in [4.78, 5) is 2.57. The molecule has 1 aromatic rings. The average molecular weight is 292 g/mol. The zero-order valence-electron chi connectivity index (χ0n) is 13.5. The van der Waals surface area contributed by atoms with Crippen molar-refractivity contribution < 1.29 is 9.47 Å². The van der Waals surface area contributed by atoms with E-state index in [0.29, 0.717) is 6.04 Å². The molecule has 0 aromatic heterocycles. The first-order chi connectivity index (χ1) is 10.3. The smallest absolute Gasteiger partial charge is 0.123 e. The van der Waals surface area contributed by atoms with Crippen molar-refractivity contribution in [2.75, 3.05) is 40.4 Å².